The summed E-state index contributed by atoms with van der Waals surface area (Å²) in [6.07, 6.45) is 4.91. The van der Waals surface area contributed by atoms with Gasteiger partial charge in [-0.2, -0.15) is 11.8 Å². The van der Waals surface area contributed by atoms with Crippen molar-refractivity contribution in [1.82, 2.24) is 5.32 Å². The van der Waals surface area contributed by atoms with Crippen LogP contribution < -0.4 is 5.32 Å². The number of hydrogen-bond acceptors (Lipinski definition) is 3. The van der Waals surface area contributed by atoms with Crippen LogP contribution in [0.4, 0.5) is 0 Å². The van der Waals surface area contributed by atoms with Crippen LogP contribution in [0.15, 0.2) is 18.2 Å². The molecule has 0 saturated heterocycles. The van der Waals surface area contributed by atoms with Gasteiger partial charge in [0.15, 0.2) is 0 Å². The van der Waals surface area contributed by atoms with Crippen LogP contribution in [0.1, 0.15) is 40.7 Å². The van der Waals surface area contributed by atoms with Crippen molar-refractivity contribution in [2.24, 2.45) is 0 Å². The molecule has 2 N–H and O–H groups in total. The van der Waals surface area contributed by atoms with Gasteiger partial charge in [-0.1, -0.05) is 11.8 Å². The van der Waals surface area contributed by atoms with E-state index in [0.717, 1.165) is 17.7 Å². The van der Waals surface area contributed by atoms with E-state index in [1.807, 2.05) is 36.9 Å². The second kappa shape index (κ2) is 7.02. The third-order valence-electron chi connectivity index (χ3n) is 3.62. The molecule has 21 heavy (non-hydrogen) atoms. The Bertz CT molecular complexity index is 582. The monoisotopic (exact) mass is 303 g/mol. The molecule has 1 aromatic carbocycles. The van der Waals surface area contributed by atoms with Gasteiger partial charge >= 0.3 is 0 Å². The molecule has 0 bridgehead atoms. The molecule has 1 aliphatic rings. The quantitative estimate of drug-likeness (QED) is 0.821. The minimum atomic E-state index is -0.0377. The summed E-state index contributed by atoms with van der Waals surface area (Å²) in [6, 6.07) is 5.64. The summed E-state index contributed by atoms with van der Waals surface area (Å²) in [5.74, 6) is 5.83. The van der Waals surface area contributed by atoms with E-state index in [2.05, 4.69) is 23.4 Å². The van der Waals surface area contributed by atoms with Gasteiger partial charge in [-0.05, 0) is 49.8 Å². The predicted octanol–water partition coefficient (Wildman–Crippen LogP) is 2.35. The fraction of sp³-hybridized carbons (Fsp3) is 0.471. The minimum Gasteiger partial charge on any atom is -0.395 e. The number of carbonyl (C=O) groups is 1. The Morgan fingerprint density at radius 1 is 1.43 bits per heavy atom. The van der Waals surface area contributed by atoms with E-state index in [4.69, 9.17) is 5.11 Å². The minimum absolute atomic E-state index is 0.0377. The highest BCUT2D eigenvalue weighted by Gasteiger charge is 2.41. The lowest BCUT2D eigenvalue weighted by atomic mass is 10.1. The molecule has 4 heteroatoms. The molecule has 2 rings (SSSR count). The summed E-state index contributed by atoms with van der Waals surface area (Å²) < 4.78 is 0.267. The first kappa shape index (κ1) is 15.9. The molecule has 1 amide bonds. The van der Waals surface area contributed by atoms with Crippen molar-refractivity contribution in [3.05, 3.63) is 34.9 Å². The number of thioether (sulfide) groups is 1. The van der Waals surface area contributed by atoms with Crippen molar-refractivity contribution in [2.45, 2.75) is 30.9 Å². The van der Waals surface area contributed by atoms with Crippen molar-refractivity contribution in [3.63, 3.8) is 0 Å². The number of aryl methyl sites for hydroxylation is 1. The largest absolute Gasteiger partial charge is 0.395 e. The molecule has 0 aromatic heterocycles. The highest BCUT2D eigenvalue weighted by Crippen LogP contribution is 2.46. The molecule has 0 unspecified atom stereocenters. The van der Waals surface area contributed by atoms with Gasteiger partial charge in [0.1, 0.15) is 0 Å². The average molecular weight is 303 g/mol. The third-order valence-corrected chi connectivity index (χ3v) is 5.04. The Morgan fingerprint density at radius 2 is 2.19 bits per heavy atom. The van der Waals surface area contributed by atoms with Gasteiger partial charge in [0.2, 0.25) is 0 Å². The highest BCUT2D eigenvalue weighted by atomic mass is 32.2. The van der Waals surface area contributed by atoms with Gasteiger partial charge in [0, 0.05) is 28.8 Å². The van der Waals surface area contributed by atoms with E-state index in [-0.39, 0.29) is 17.3 Å². The maximum absolute atomic E-state index is 12.3. The molecule has 1 fully saturated rings. The van der Waals surface area contributed by atoms with Crippen molar-refractivity contribution in [3.8, 4) is 11.8 Å². The van der Waals surface area contributed by atoms with Crippen LogP contribution in [0.25, 0.3) is 0 Å². The number of amides is 1. The smallest absolute Gasteiger partial charge is 0.251 e. The third kappa shape index (κ3) is 4.52. The second-order valence-electron chi connectivity index (χ2n) is 5.43. The molecule has 1 aromatic rings. The number of aliphatic hydroxyl groups excluding tert-OH is 1. The topological polar surface area (TPSA) is 49.3 Å². The average Bonchev–Trinajstić information content (AvgIpc) is 3.25. The zero-order valence-electron chi connectivity index (χ0n) is 12.5. The molecular formula is C17H21NO2S. The van der Waals surface area contributed by atoms with Crippen LogP contribution in [-0.2, 0) is 0 Å². The van der Waals surface area contributed by atoms with Gasteiger partial charge in [-0.3, -0.25) is 4.79 Å². The Morgan fingerprint density at radius 3 is 2.81 bits per heavy atom. The van der Waals surface area contributed by atoms with Crippen molar-refractivity contribution in [1.29, 1.82) is 0 Å². The number of aliphatic hydroxyl groups is 1. The maximum atomic E-state index is 12.3. The number of rotatable bonds is 5. The normalized spacial score (nSPS) is 15.0. The fourth-order valence-corrected chi connectivity index (χ4v) is 2.87. The number of benzene rings is 1. The number of nitrogens with one attached hydrogen (secondary N) is 1. The summed E-state index contributed by atoms with van der Waals surface area (Å²) >= 11 is 1.83. The number of hydrogen-bond donors (Lipinski definition) is 2. The molecule has 0 heterocycles. The molecule has 0 spiro atoms. The zero-order chi connectivity index (χ0) is 15.3. The van der Waals surface area contributed by atoms with E-state index in [1.54, 1.807) is 0 Å². The van der Waals surface area contributed by atoms with E-state index in [0.29, 0.717) is 12.0 Å². The van der Waals surface area contributed by atoms with Crippen LogP contribution in [0.2, 0.25) is 0 Å². The van der Waals surface area contributed by atoms with Gasteiger partial charge in [0.05, 0.1) is 6.61 Å². The summed E-state index contributed by atoms with van der Waals surface area (Å²) in [5.41, 5.74) is 2.49. The van der Waals surface area contributed by atoms with E-state index < -0.39 is 0 Å². The standard InChI is InChI=1S/C17H21NO2S/c1-13-9-14(5-3-4-8-19)11-15(10-13)16(20)18-12-17(21-2)6-7-17/h9-11,19H,4,6-8,12H2,1-2H3,(H,18,20). The fourth-order valence-electron chi connectivity index (χ4n) is 2.14. The summed E-state index contributed by atoms with van der Waals surface area (Å²) in [6.45, 7) is 2.74. The van der Waals surface area contributed by atoms with Gasteiger partial charge in [-0.25, -0.2) is 0 Å². The molecule has 0 radical (unpaired) electrons. The number of carbonyl (C=O) groups excluding carboxylic acids is 1. The summed E-state index contributed by atoms with van der Waals surface area (Å²) in [7, 11) is 0. The SMILES string of the molecule is CSC1(CNC(=O)c2cc(C)cc(C#CCCO)c2)CC1. The van der Waals surface area contributed by atoms with Crippen molar-refractivity contribution >= 4 is 17.7 Å². The van der Waals surface area contributed by atoms with Crippen molar-refractivity contribution in [2.75, 3.05) is 19.4 Å². The summed E-state index contributed by atoms with van der Waals surface area (Å²) in [4.78, 5) is 12.3. The second-order valence-corrected chi connectivity index (χ2v) is 6.71. The predicted molar refractivity (Wildman–Crippen MR) is 87.6 cm³/mol. The molecule has 1 saturated carbocycles. The van der Waals surface area contributed by atoms with E-state index in [9.17, 15) is 4.79 Å². The molecular weight excluding hydrogens is 282 g/mol. The lowest BCUT2D eigenvalue weighted by Crippen LogP contribution is -2.31. The van der Waals surface area contributed by atoms with E-state index >= 15 is 0 Å². The Balaban J connectivity index is 2.05. The lowest BCUT2D eigenvalue weighted by molar-refractivity contribution is 0.0953. The van der Waals surface area contributed by atoms with Gasteiger partial charge in [-0.15, -0.1) is 0 Å². The van der Waals surface area contributed by atoms with E-state index in [1.165, 1.54) is 12.8 Å². The molecule has 0 atom stereocenters. The Kier molecular flexibility index (Phi) is 5.33. The maximum Gasteiger partial charge on any atom is 0.251 e. The first-order valence-corrected chi connectivity index (χ1v) is 8.36. The summed E-state index contributed by atoms with van der Waals surface area (Å²) in [5, 5.41) is 11.8. The van der Waals surface area contributed by atoms with Crippen LogP contribution in [0, 0.1) is 18.8 Å². The van der Waals surface area contributed by atoms with Crippen LogP contribution in [0.5, 0.6) is 0 Å². The molecule has 1 aliphatic carbocycles. The van der Waals surface area contributed by atoms with Gasteiger partial charge < -0.3 is 10.4 Å². The first-order valence-electron chi connectivity index (χ1n) is 7.13. The zero-order valence-corrected chi connectivity index (χ0v) is 13.3. The van der Waals surface area contributed by atoms with Gasteiger partial charge in [0.25, 0.3) is 5.91 Å². The van der Waals surface area contributed by atoms with Crippen LogP contribution in [-0.4, -0.2) is 35.2 Å². The molecule has 0 aliphatic heterocycles. The Hall–Kier alpha value is -1.44. The first-order chi connectivity index (χ1) is 10.1. The molecule has 3 nitrogen and oxygen atoms in total. The Labute approximate surface area is 130 Å². The highest BCUT2D eigenvalue weighted by molar-refractivity contribution is 8.00. The van der Waals surface area contributed by atoms with Crippen LogP contribution in [0.3, 0.4) is 0 Å². The molecule has 112 valence electrons. The van der Waals surface area contributed by atoms with Crippen LogP contribution >= 0.6 is 11.8 Å². The van der Waals surface area contributed by atoms with Crippen molar-refractivity contribution < 1.29 is 9.90 Å². The lowest BCUT2D eigenvalue weighted by Gasteiger charge is -2.13.